The summed E-state index contributed by atoms with van der Waals surface area (Å²) in [5.41, 5.74) is 0.449. The van der Waals surface area contributed by atoms with E-state index in [1.807, 2.05) is 19.1 Å². The van der Waals surface area contributed by atoms with Crippen LogP contribution in [0.3, 0.4) is 0 Å². The van der Waals surface area contributed by atoms with Gasteiger partial charge in [-0.1, -0.05) is 36.4 Å². The van der Waals surface area contributed by atoms with Crippen molar-refractivity contribution < 1.29 is 4.79 Å². The molecule has 1 atom stereocenters. The minimum atomic E-state index is -0.915. The summed E-state index contributed by atoms with van der Waals surface area (Å²) in [5.74, 6) is 0.000610. The number of carbonyl (C=O) groups is 1. The van der Waals surface area contributed by atoms with E-state index in [1.165, 1.54) is 10.8 Å². The van der Waals surface area contributed by atoms with Gasteiger partial charge < -0.3 is 4.90 Å². The van der Waals surface area contributed by atoms with Gasteiger partial charge >= 0.3 is 0 Å². The van der Waals surface area contributed by atoms with Gasteiger partial charge in [-0.05, 0) is 35.7 Å². The van der Waals surface area contributed by atoms with Gasteiger partial charge in [-0.25, -0.2) is 0 Å². The molecule has 0 saturated heterocycles. The van der Waals surface area contributed by atoms with Gasteiger partial charge in [0.25, 0.3) is 0 Å². The maximum Gasteiger partial charge on any atom is 0.231 e. The summed E-state index contributed by atoms with van der Waals surface area (Å²) in [6, 6.07) is 14.4. The van der Waals surface area contributed by atoms with Crippen LogP contribution >= 0.6 is 23.2 Å². The highest BCUT2D eigenvalue weighted by Crippen LogP contribution is 2.64. The third kappa shape index (κ3) is 2.51. The fourth-order valence-electron chi connectivity index (χ4n) is 2.74. The van der Waals surface area contributed by atoms with Crippen LogP contribution in [0.2, 0.25) is 0 Å². The smallest absolute Gasteiger partial charge is 0.231 e. The number of nitrogens with zero attached hydrogens (tertiary/aromatic N) is 1. The Morgan fingerprint density at radius 2 is 1.81 bits per heavy atom. The standard InChI is InChI=1S/C17H17Cl2NO/c1-16(11-17(16,18)19)15(21)20(2)10-12-7-8-13-5-3-4-6-14(13)9-12/h3-9H,10-11H2,1-2H3/t16-/m1/s1. The molecular formula is C17H17Cl2NO. The maximum atomic E-state index is 12.5. The van der Waals surface area contributed by atoms with Gasteiger partial charge in [-0.15, -0.1) is 23.2 Å². The van der Waals surface area contributed by atoms with Crippen molar-refractivity contribution >= 4 is 39.9 Å². The Kier molecular flexibility index (Phi) is 3.42. The molecule has 2 aromatic rings. The Balaban J connectivity index is 1.77. The van der Waals surface area contributed by atoms with Crippen molar-refractivity contribution in [3.8, 4) is 0 Å². The summed E-state index contributed by atoms with van der Waals surface area (Å²) in [4.78, 5) is 14.2. The number of carbonyl (C=O) groups excluding carboxylic acids is 1. The predicted molar refractivity (Wildman–Crippen MR) is 87.6 cm³/mol. The van der Waals surface area contributed by atoms with E-state index < -0.39 is 9.75 Å². The second kappa shape index (κ2) is 4.89. The zero-order valence-corrected chi connectivity index (χ0v) is 13.6. The molecule has 2 aromatic carbocycles. The molecule has 0 spiro atoms. The van der Waals surface area contributed by atoms with E-state index in [1.54, 1.807) is 11.9 Å². The Hall–Kier alpha value is -1.25. The SMILES string of the molecule is CN(Cc1ccc2ccccc2c1)C(=O)[C@@]1(C)CC1(Cl)Cl. The molecule has 3 rings (SSSR count). The van der Waals surface area contributed by atoms with Crippen molar-refractivity contribution in [2.45, 2.75) is 24.2 Å². The molecule has 21 heavy (non-hydrogen) atoms. The monoisotopic (exact) mass is 321 g/mol. The third-order valence-electron chi connectivity index (χ3n) is 4.31. The minimum absolute atomic E-state index is 0.000610. The first-order chi connectivity index (χ1) is 9.83. The van der Waals surface area contributed by atoms with Crippen LogP contribution in [-0.4, -0.2) is 22.2 Å². The highest BCUT2D eigenvalue weighted by atomic mass is 35.5. The van der Waals surface area contributed by atoms with Gasteiger partial charge in [0.2, 0.25) is 5.91 Å². The van der Waals surface area contributed by atoms with E-state index in [4.69, 9.17) is 23.2 Å². The molecule has 1 fully saturated rings. The van der Waals surface area contributed by atoms with Crippen molar-refractivity contribution in [1.29, 1.82) is 0 Å². The van der Waals surface area contributed by atoms with Gasteiger partial charge in [0, 0.05) is 13.6 Å². The summed E-state index contributed by atoms with van der Waals surface area (Å²) in [6.45, 7) is 2.38. The number of halogens is 2. The fraction of sp³-hybridized carbons (Fsp3) is 0.353. The van der Waals surface area contributed by atoms with Gasteiger partial charge in [-0.2, -0.15) is 0 Å². The van der Waals surface area contributed by atoms with E-state index >= 15 is 0 Å². The largest absolute Gasteiger partial charge is 0.341 e. The topological polar surface area (TPSA) is 20.3 Å². The first-order valence-electron chi connectivity index (χ1n) is 6.95. The summed E-state index contributed by atoms with van der Waals surface area (Å²) >= 11 is 12.2. The van der Waals surface area contributed by atoms with Crippen LogP contribution in [0, 0.1) is 5.41 Å². The lowest BCUT2D eigenvalue weighted by molar-refractivity contribution is -0.135. The van der Waals surface area contributed by atoms with Crippen molar-refractivity contribution in [2.75, 3.05) is 7.05 Å². The van der Waals surface area contributed by atoms with Gasteiger partial charge in [0.05, 0.1) is 5.41 Å². The first-order valence-corrected chi connectivity index (χ1v) is 7.70. The van der Waals surface area contributed by atoms with Crippen molar-refractivity contribution in [3.63, 3.8) is 0 Å². The zero-order chi connectivity index (χ0) is 15.3. The number of rotatable bonds is 3. The van der Waals surface area contributed by atoms with Crippen molar-refractivity contribution in [3.05, 3.63) is 48.0 Å². The van der Waals surface area contributed by atoms with Crippen LogP contribution < -0.4 is 0 Å². The predicted octanol–water partition coefficient (Wildman–Crippen LogP) is 4.38. The molecule has 4 heteroatoms. The summed E-state index contributed by atoms with van der Waals surface area (Å²) in [7, 11) is 1.80. The van der Waals surface area contributed by atoms with Crippen LogP contribution in [0.15, 0.2) is 42.5 Å². The third-order valence-corrected chi connectivity index (χ3v) is 5.41. The summed E-state index contributed by atoms with van der Waals surface area (Å²) < 4.78 is -0.915. The van der Waals surface area contributed by atoms with E-state index in [-0.39, 0.29) is 5.91 Å². The molecule has 0 heterocycles. The average molecular weight is 322 g/mol. The summed E-state index contributed by atoms with van der Waals surface area (Å²) in [5, 5.41) is 2.38. The van der Waals surface area contributed by atoms with Crippen molar-refractivity contribution in [1.82, 2.24) is 4.90 Å². The number of hydrogen-bond donors (Lipinski definition) is 0. The van der Waals surface area contributed by atoms with Crippen LogP contribution in [0.1, 0.15) is 18.9 Å². The Morgan fingerprint density at radius 3 is 2.43 bits per heavy atom. The van der Waals surface area contributed by atoms with Crippen LogP contribution in [0.5, 0.6) is 0 Å². The Labute approximate surface area is 134 Å². The van der Waals surface area contributed by atoms with E-state index in [9.17, 15) is 4.79 Å². The molecule has 110 valence electrons. The Morgan fingerprint density at radius 1 is 1.19 bits per heavy atom. The quantitative estimate of drug-likeness (QED) is 0.768. The molecule has 1 amide bonds. The molecule has 0 unspecified atom stereocenters. The molecule has 1 aliphatic rings. The highest BCUT2D eigenvalue weighted by molar-refractivity contribution is 6.53. The molecule has 2 nitrogen and oxygen atoms in total. The van der Waals surface area contributed by atoms with E-state index in [0.29, 0.717) is 13.0 Å². The number of alkyl halides is 2. The molecule has 1 saturated carbocycles. The second-order valence-corrected chi connectivity index (χ2v) is 7.54. The summed E-state index contributed by atoms with van der Waals surface area (Å²) in [6.07, 6.45) is 0.518. The normalized spacial score (nSPS) is 23.0. The zero-order valence-electron chi connectivity index (χ0n) is 12.1. The molecule has 1 aliphatic carbocycles. The van der Waals surface area contributed by atoms with Crippen LogP contribution in [0.25, 0.3) is 10.8 Å². The lowest BCUT2D eigenvalue weighted by atomic mass is 10.1. The van der Waals surface area contributed by atoms with E-state index in [0.717, 1.165) is 5.56 Å². The fourth-order valence-corrected chi connectivity index (χ4v) is 3.43. The first kappa shape index (κ1) is 14.7. The average Bonchev–Trinajstić information content (AvgIpc) is 2.97. The second-order valence-electron chi connectivity index (χ2n) is 6.06. The Bertz CT molecular complexity index is 713. The molecule has 0 radical (unpaired) electrons. The lowest BCUT2D eigenvalue weighted by Crippen LogP contribution is -2.34. The maximum absolute atomic E-state index is 12.5. The number of hydrogen-bond acceptors (Lipinski definition) is 1. The number of fused-ring (bicyclic) bond motifs is 1. The van der Waals surface area contributed by atoms with Crippen LogP contribution in [0.4, 0.5) is 0 Å². The molecule has 0 aliphatic heterocycles. The van der Waals surface area contributed by atoms with Gasteiger partial charge in [0.15, 0.2) is 0 Å². The number of amides is 1. The molecule has 0 N–H and O–H groups in total. The van der Waals surface area contributed by atoms with Gasteiger partial charge in [0.1, 0.15) is 4.33 Å². The van der Waals surface area contributed by atoms with Crippen molar-refractivity contribution in [2.24, 2.45) is 5.41 Å². The van der Waals surface area contributed by atoms with Gasteiger partial charge in [-0.3, -0.25) is 4.79 Å². The molecule has 0 bridgehead atoms. The molecule has 0 aromatic heterocycles. The number of benzene rings is 2. The minimum Gasteiger partial charge on any atom is -0.341 e. The lowest BCUT2D eigenvalue weighted by Gasteiger charge is -2.22. The highest BCUT2D eigenvalue weighted by Gasteiger charge is 2.68. The van der Waals surface area contributed by atoms with E-state index in [2.05, 4.69) is 30.3 Å². The van der Waals surface area contributed by atoms with Crippen LogP contribution in [-0.2, 0) is 11.3 Å². The molecular weight excluding hydrogens is 305 g/mol.